The second-order valence-electron chi connectivity index (χ2n) is 6.49. The predicted octanol–water partition coefficient (Wildman–Crippen LogP) is -1.18. The molecule has 4 fully saturated rings. The molecule has 6 nitrogen and oxygen atoms in total. The molecule has 0 aromatic carbocycles. The van der Waals surface area contributed by atoms with Gasteiger partial charge in [-0.25, -0.2) is 0 Å². The Kier molecular flexibility index (Phi) is 3.22. The summed E-state index contributed by atoms with van der Waals surface area (Å²) in [6.45, 7) is 7.33. The van der Waals surface area contributed by atoms with Crippen LogP contribution in [-0.4, -0.2) is 95.4 Å². The molecule has 0 radical (unpaired) electrons. The molecule has 1 N–H and O–H groups in total. The fraction of sp³-hybridized carbons (Fsp3) is 0.929. The summed E-state index contributed by atoms with van der Waals surface area (Å²) in [4.78, 5) is 22.4. The average Bonchev–Trinajstić information content (AvgIpc) is 2.48. The van der Waals surface area contributed by atoms with Crippen molar-refractivity contribution in [3.63, 3.8) is 0 Å². The molecule has 0 aliphatic carbocycles. The van der Waals surface area contributed by atoms with Crippen LogP contribution in [0.2, 0.25) is 0 Å². The van der Waals surface area contributed by atoms with Crippen molar-refractivity contribution < 1.29 is 9.90 Å². The first-order valence-electron chi connectivity index (χ1n) is 7.93. The van der Waals surface area contributed by atoms with Gasteiger partial charge in [-0.3, -0.25) is 19.5 Å². The van der Waals surface area contributed by atoms with Gasteiger partial charge in [0.1, 0.15) is 6.17 Å². The molecule has 1 amide bonds. The molecule has 0 bridgehead atoms. The molecule has 4 aliphatic heterocycles. The normalized spacial score (nSPS) is 39.0. The zero-order chi connectivity index (χ0) is 13.7. The minimum atomic E-state index is -0.00191. The lowest BCUT2D eigenvalue weighted by Gasteiger charge is -2.62. The number of nitrogens with zero attached hydrogens (tertiary/aromatic N) is 4. The first-order chi connectivity index (χ1) is 9.79. The van der Waals surface area contributed by atoms with Gasteiger partial charge in [-0.2, -0.15) is 0 Å². The van der Waals surface area contributed by atoms with E-state index >= 15 is 0 Å². The summed E-state index contributed by atoms with van der Waals surface area (Å²) < 4.78 is 0. The van der Waals surface area contributed by atoms with Crippen molar-refractivity contribution in [3.8, 4) is 0 Å². The molecule has 6 heteroatoms. The Morgan fingerprint density at radius 2 is 1.65 bits per heavy atom. The molecule has 0 aromatic rings. The SMILES string of the molecule is O=C1C(CCO)CN2CCN3CCCN4CCN1C2C34. The Labute approximate surface area is 119 Å². The number of aliphatic hydroxyl groups is 1. The van der Waals surface area contributed by atoms with Crippen LogP contribution in [0.15, 0.2) is 0 Å². The lowest BCUT2D eigenvalue weighted by Crippen LogP contribution is -2.79. The van der Waals surface area contributed by atoms with Gasteiger partial charge in [-0.05, 0) is 12.8 Å². The third-order valence-electron chi connectivity index (χ3n) is 5.47. The molecule has 4 aliphatic rings. The maximum Gasteiger partial charge on any atom is 0.228 e. The van der Waals surface area contributed by atoms with Crippen molar-refractivity contribution in [3.05, 3.63) is 0 Å². The lowest BCUT2D eigenvalue weighted by molar-refractivity contribution is -0.199. The standard InChI is InChI=1S/C14H24N4O2/c19-9-2-11-10-17-6-5-15-3-1-4-16-7-8-18(14(11)20)13(17)12(15)16/h11-13,19H,1-10H2. The van der Waals surface area contributed by atoms with Crippen LogP contribution in [0.3, 0.4) is 0 Å². The Hall–Kier alpha value is -0.690. The van der Waals surface area contributed by atoms with Crippen LogP contribution in [0.5, 0.6) is 0 Å². The predicted molar refractivity (Wildman–Crippen MR) is 73.8 cm³/mol. The Bertz CT molecular complexity index is 399. The van der Waals surface area contributed by atoms with Gasteiger partial charge in [0.2, 0.25) is 5.91 Å². The third-order valence-corrected chi connectivity index (χ3v) is 5.47. The molecule has 112 valence electrons. The van der Waals surface area contributed by atoms with Crippen LogP contribution in [-0.2, 0) is 4.79 Å². The number of carbonyl (C=O) groups is 1. The van der Waals surface area contributed by atoms with E-state index in [2.05, 4.69) is 19.6 Å². The Balaban J connectivity index is 1.63. The summed E-state index contributed by atoms with van der Waals surface area (Å²) in [7, 11) is 0. The molecular formula is C14H24N4O2. The first kappa shape index (κ1) is 13.0. The van der Waals surface area contributed by atoms with Gasteiger partial charge in [-0.1, -0.05) is 0 Å². The number of piperazine rings is 2. The molecule has 3 atom stereocenters. The van der Waals surface area contributed by atoms with E-state index in [4.69, 9.17) is 0 Å². The summed E-state index contributed by atoms with van der Waals surface area (Å²) in [6, 6.07) is 0. The van der Waals surface area contributed by atoms with Gasteiger partial charge in [0.05, 0.1) is 12.1 Å². The second-order valence-corrected chi connectivity index (χ2v) is 6.49. The van der Waals surface area contributed by atoms with E-state index in [9.17, 15) is 9.90 Å². The highest BCUT2D eigenvalue weighted by Crippen LogP contribution is 2.34. The molecular weight excluding hydrogens is 256 g/mol. The van der Waals surface area contributed by atoms with Gasteiger partial charge in [0.15, 0.2) is 0 Å². The largest absolute Gasteiger partial charge is 0.396 e. The minimum absolute atomic E-state index is 0.00191. The Morgan fingerprint density at radius 1 is 0.950 bits per heavy atom. The van der Waals surface area contributed by atoms with E-state index in [1.807, 2.05) is 0 Å². The van der Waals surface area contributed by atoms with E-state index in [-0.39, 0.29) is 24.6 Å². The van der Waals surface area contributed by atoms with Crippen molar-refractivity contribution >= 4 is 5.91 Å². The zero-order valence-corrected chi connectivity index (χ0v) is 11.9. The number of hydrogen-bond acceptors (Lipinski definition) is 5. The van der Waals surface area contributed by atoms with Crippen LogP contribution < -0.4 is 0 Å². The summed E-state index contributed by atoms with van der Waals surface area (Å²) in [6.07, 6.45) is 2.52. The number of rotatable bonds is 2. The minimum Gasteiger partial charge on any atom is -0.396 e. The smallest absolute Gasteiger partial charge is 0.228 e. The van der Waals surface area contributed by atoms with Crippen molar-refractivity contribution in [2.45, 2.75) is 25.2 Å². The van der Waals surface area contributed by atoms with Crippen LogP contribution in [0.1, 0.15) is 12.8 Å². The fourth-order valence-corrected chi connectivity index (χ4v) is 4.55. The van der Waals surface area contributed by atoms with Crippen LogP contribution >= 0.6 is 0 Å². The number of amides is 1. The fourth-order valence-electron chi connectivity index (χ4n) is 4.55. The topological polar surface area (TPSA) is 50.3 Å². The third kappa shape index (κ3) is 1.82. The van der Waals surface area contributed by atoms with Crippen molar-refractivity contribution in [2.75, 3.05) is 52.4 Å². The molecule has 20 heavy (non-hydrogen) atoms. The lowest BCUT2D eigenvalue weighted by atomic mass is 9.94. The Morgan fingerprint density at radius 3 is 2.40 bits per heavy atom. The first-order valence-corrected chi connectivity index (χ1v) is 7.93. The van der Waals surface area contributed by atoms with Crippen molar-refractivity contribution in [1.29, 1.82) is 0 Å². The molecule has 4 heterocycles. The van der Waals surface area contributed by atoms with Crippen LogP contribution in [0.25, 0.3) is 0 Å². The number of carbonyl (C=O) groups excluding carboxylic acids is 1. The maximum atomic E-state index is 12.7. The summed E-state index contributed by atoms with van der Waals surface area (Å²) in [5.41, 5.74) is 0. The average molecular weight is 280 g/mol. The highest BCUT2D eigenvalue weighted by Gasteiger charge is 2.52. The number of hydrogen-bond donors (Lipinski definition) is 1. The molecule has 0 saturated carbocycles. The van der Waals surface area contributed by atoms with Crippen molar-refractivity contribution in [1.82, 2.24) is 19.6 Å². The van der Waals surface area contributed by atoms with Gasteiger partial charge in [0, 0.05) is 52.4 Å². The van der Waals surface area contributed by atoms with E-state index < -0.39 is 0 Å². The van der Waals surface area contributed by atoms with Crippen LogP contribution in [0.4, 0.5) is 0 Å². The van der Waals surface area contributed by atoms with E-state index in [1.165, 1.54) is 19.5 Å². The van der Waals surface area contributed by atoms with Crippen molar-refractivity contribution in [2.24, 2.45) is 5.92 Å². The van der Waals surface area contributed by atoms with Crippen LogP contribution in [0, 0.1) is 5.92 Å². The molecule has 4 rings (SSSR count). The quantitative estimate of drug-likeness (QED) is 0.690. The van der Waals surface area contributed by atoms with Gasteiger partial charge >= 0.3 is 0 Å². The highest BCUT2D eigenvalue weighted by molar-refractivity contribution is 5.80. The van der Waals surface area contributed by atoms with E-state index in [1.54, 1.807) is 0 Å². The van der Waals surface area contributed by atoms with E-state index in [0.29, 0.717) is 12.6 Å². The summed E-state index contributed by atoms with van der Waals surface area (Å²) in [5, 5.41) is 9.18. The molecule has 0 aromatic heterocycles. The van der Waals surface area contributed by atoms with Gasteiger partial charge < -0.3 is 10.0 Å². The molecule has 4 saturated heterocycles. The monoisotopic (exact) mass is 280 g/mol. The summed E-state index contributed by atoms with van der Waals surface area (Å²) >= 11 is 0. The van der Waals surface area contributed by atoms with E-state index in [0.717, 1.165) is 32.7 Å². The van der Waals surface area contributed by atoms with Gasteiger partial charge in [-0.15, -0.1) is 0 Å². The molecule has 3 unspecified atom stereocenters. The molecule has 0 spiro atoms. The number of aliphatic hydroxyl groups excluding tert-OH is 1. The highest BCUT2D eigenvalue weighted by atomic mass is 16.3. The van der Waals surface area contributed by atoms with Gasteiger partial charge in [0.25, 0.3) is 0 Å². The zero-order valence-electron chi connectivity index (χ0n) is 11.9. The summed E-state index contributed by atoms with van der Waals surface area (Å²) in [5.74, 6) is 0.269. The second kappa shape index (κ2) is 4.94. The maximum absolute atomic E-state index is 12.7.